The Kier molecular flexibility index (Phi) is 3.82. The molecule has 3 heteroatoms. The molecule has 0 radical (unpaired) electrons. The van der Waals surface area contributed by atoms with Gasteiger partial charge < -0.3 is 10.1 Å². The molecular weight excluding hydrogens is 166 g/mol. The van der Waals surface area contributed by atoms with E-state index in [2.05, 4.69) is 5.32 Å². The predicted octanol–water partition coefficient (Wildman–Crippen LogP) is 1.33. The highest BCUT2D eigenvalue weighted by molar-refractivity contribution is 5.46. The first kappa shape index (κ1) is 9.58. The van der Waals surface area contributed by atoms with Crippen molar-refractivity contribution in [3.63, 3.8) is 0 Å². The van der Waals surface area contributed by atoms with Gasteiger partial charge in [-0.1, -0.05) is 12.1 Å². The first-order valence-corrected chi connectivity index (χ1v) is 4.25. The summed E-state index contributed by atoms with van der Waals surface area (Å²) < 4.78 is 5.31. The minimum absolute atomic E-state index is 0.546. The molecule has 1 rings (SSSR count). The fourth-order valence-electron chi connectivity index (χ4n) is 1.07. The summed E-state index contributed by atoms with van der Waals surface area (Å²) in [6.45, 7) is 3.14. The van der Waals surface area contributed by atoms with E-state index in [9.17, 15) is 4.79 Å². The van der Waals surface area contributed by atoms with Gasteiger partial charge in [-0.15, -0.1) is 0 Å². The van der Waals surface area contributed by atoms with Crippen LogP contribution in [0.15, 0.2) is 24.3 Å². The average molecular weight is 179 g/mol. The summed E-state index contributed by atoms with van der Waals surface area (Å²) in [5.74, 6) is 0.840. The molecule has 0 unspecified atom stereocenters. The number of amides is 1. The molecule has 0 saturated heterocycles. The highest BCUT2D eigenvalue weighted by atomic mass is 16.5. The Bertz CT molecular complexity index is 273. The van der Waals surface area contributed by atoms with Gasteiger partial charge in [0.25, 0.3) is 0 Å². The summed E-state index contributed by atoms with van der Waals surface area (Å²) in [6.07, 6.45) is 0.688. The third-order valence-corrected chi connectivity index (χ3v) is 1.60. The van der Waals surface area contributed by atoms with E-state index in [0.717, 1.165) is 11.3 Å². The molecule has 1 aromatic rings. The number of hydrogen-bond donors (Lipinski definition) is 1. The van der Waals surface area contributed by atoms with Crippen molar-refractivity contribution in [3.05, 3.63) is 29.8 Å². The summed E-state index contributed by atoms with van der Waals surface area (Å²) in [4.78, 5) is 10.0. The van der Waals surface area contributed by atoms with Gasteiger partial charge in [0, 0.05) is 6.54 Å². The Balaban J connectivity index is 2.61. The van der Waals surface area contributed by atoms with E-state index in [-0.39, 0.29) is 0 Å². The normalized spacial score (nSPS) is 9.31. The second kappa shape index (κ2) is 5.19. The Morgan fingerprint density at radius 2 is 2.38 bits per heavy atom. The van der Waals surface area contributed by atoms with Crippen molar-refractivity contribution in [1.29, 1.82) is 0 Å². The molecule has 1 aromatic carbocycles. The van der Waals surface area contributed by atoms with Crippen molar-refractivity contribution in [2.45, 2.75) is 13.5 Å². The first-order chi connectivity index (χ1) is 6.36. The molecule has 0 aliphatic rings. The standard InChI is InChI=1S/C10H13NO2/c1-2-13-10-5-3-4-9(6-10)7-11-8-12/h3-6,8H,2,7H2,1H3,(H,11,12). The smallest absolute Gasteiger partial charge is 0.207 e. The van der Waals surface area contributed by atoms with Crippen molar-refractivity contribution in [2.75, 3.05) is 6.61 Å². The van der Waals surface area contributed by atoms with Crippen LogP contribution in [0.5, 0.6) is 5.75 Å². The minimum Gasteiger partial charge on any atom is -0.494 e. The summed E-state index contributed by atoms with van der Waals surface area (Å²) in [7, 11) is 0. The van der Waals surface area contributed by atoms with Crippen molar-refractivity contribution in [3.8, 4) is 5.75 Å². The first-order valence-electron chi connectivity index (χ1n) is 4.25. The molecule has 0 saturated carbocycles. The van der Waals surface area contributed by atoms with Gasteiger partial charge in [0.1, 0.15) is 5.75 Å². The molecule has 0 atom stereocenters. The molecule has 3 nitrogen and oxygen atoms in total. The van der Waals surface area contributed by atoms with Crippen LogP contribution in [0.3, 0.4) is 0 Å². The van der Waals surface area contributed by atoms with Crippen LogP contribution in [-0.2, 0) is 11.3 Å². The van der Waals surface area contributed by atoms with Crippen LogP contribution in [0.25, 0.3) is 0 Å². The molecule has 0 aliphatic carbocycles. The lowest BCUT2D eigenvalue weighted by Crippen LogP contribution is -2.09. The maximum Gasteiger partial charge on any atom is 0.207 e. The van der Waals surface area contributed by atoms with Gasteiger partial charge in [0.15, 0.2) is 0 Å². The Morgan fingerprint density at radius 1 is 1.54 bits per heavy atom. The van der Waals surface area contributed by atoms with Crippen LogP contribution >= 0.6 is 0 Å². The topological polar surface area (TPSA) is 38.3 Å². The van der Waals surface area contributed by atoms with Gasteiger partial charge >= 0.3 is 0 Å². The molecule has 70 valence electrons. The van der Waals surface area contributed by atoms with E-state index >= 15 is 0 Å². The number of rotatable bonds is 5. The molecule has 1 N–H and O–H groups in total. The number of nitrogens with one attached hydrogen (secondary N) is 1. The van der Waals surface area contributed by atoms with Gasteiger partial charge in [-0.2, -0.15) is 0 Å². The molecule has 0 fully saturated rings. The third-order valence-electron chi connectivity index (χ3n) is 1.60. The molecule has 0 aliphatic heterocycles. The van der Waals surface area contributed by atoms with Crippen molar-refractivity contribution in [2.24, 2.45) is 0 Å². The molecule has 0 spiro atoms. The third kappa shape index (κ3) is 3.15. The number of ether oxygens (including phenoxy) is 1. The summed E-state index contributed by atoms with van der Waals surface area (Å²) in [6, 6.07) is 7.67. The fourth-order valence-corrected chi connectivity index (χ4v) is 1.07. The fraction of sp³-hybridized carbons (Fsp3) is 0.300. The molecule has 13 heavy (non-hydrogen) atoms. The van der Waals surface area contributed by atoms with Crippen molar-refractivity contribution in [1.82, 2.24) is 5.32 Å². The highest BCUT2D eigenvalue weighted by Gasteiger charge is 1.94. The van der Waals surface area contributed by atoms with E-state index in [4.69, 9.17) is 4.74 Å². The maximum absolute atomic E-state index is 10.0. The van der Waals surface area contributed by atoms with Gasteiger partial charge in [-0.25, -0.2) is 0 Å². The lowest BCUT2D eigenvalue weighted by atomic mass is 10.2. The van der Waals surface area contributed by atoms with E-state index in [1.807, 2.05) is 31.2 Å². The lowest BCUT2D eigenvalue weighted by Gasteiger charge is -2.04. The highest BCUT2D eigenvalue weighted by Crippen LogP contribution is 2.12. The number of benzene rings is 1. The summed E-state index contributed by atoms with van der Waals surface area (Å²) >= 11 is 0. The summed E-state index contributed by atoms with van der Waals surface area (Å²) in [5.41, 5.74) is 1.04. The minimum atomic E-state index is 0.546. The molecule has 0 heterocycles. The average Bonchev–Trinajstić information content (AvgIpc) is 2.16. The quantitative estimate of drug-likeness (QED) is 0.692. The van der Waals surface area contributed by atoms with Gasteiger partial charge in [0.2, 0.25) is 6.41 Å². The molecular formula is C10H13NO2. The number of carbonyl (C=O) groups excluding carboxylic acids is 1. The van der Waals surface area contributed by atoms with Crippen molar-refractivity contribution < 1.29 is 9.53 Å². The van der Waals surface area contributed by atoms with Crippen LogP contribution in [-0.4, -0.2) is 13.0 Å². The van der Waals surface area contributed by atoms with Gasteiger partial charge in [-0.3, -0.25) is 4.79 Å². The van der Waals surface area contributed by atoms with E-state index in [1.165, 1.54) is 0 Å². The van der Waals surface area contributed by atoms with Crippen LogP contribution in [0.4, 0.5) is 0 Å². The van der Waals surface area contributed by atoms with Gasteiger partial charge in [-0.05, 0) is 24.6 Å². The number of carbonyl (C=O) groups is 1. The van der Waals surface area contributed by atoms with E-state index < -0.39 is 0 Å². The number of hydrogen-bond acceptors (Lipinski definition) is 2. The Hall–Kier alpha value is -1.51. The lowest BCUT2D eigenvalue weighted by molar-refractivity contribution is -0.109. The largest absolute Gasteiger partial charge is 0.494 e. The zero-order chi connectivity index (χ0) is 9.52. The zero-order valence-corrected chi connectivity index (χ0v) is 7.62. The van der Waals surface area contributed by atoms with Crippen LogP contribution in [0.2, 0.25) is 0 Å². The Labute approximate surface area is 77.7 Å². The maximum atomic E-state index is 10.0. The van der Waals surface area contributed by atoms with E-state index in [1.54, 1.807) is 0 Å². The monoisotopic (exact) mass is 179 g/mol. The van der Waals surface area contributed by atoms with Gasteiger partial charge in [0.05, 0.1) is 6.61 Å². The SMILES string of the molecule is CCOc1cccc(CNC=O)c1. The molecule has 1 amide bonds. The van der Waals surface area contributed by atoms with Crippen LogP contribution in [0.1, 0.15) is 12.5 Å². The predicted molar refractivity (Wildman–Crippen MR) is 50.5 cm³/mol. The Morgan fingerprint density at radius 3 is 3.08 bits per heavy atom. The van der Waals surface area contributed by atoms with Crippen LogP contribution in [0, 0.1) is 0 Å². The second-order valence-corrected chi connectivity index (χ2v) is 2.58. The van der Waals surface area contributed by atoms with E-state index in [0.29, 0.717) is 19.6 Å². The van der Waals surface area contributed by atoms with Crippen LogP contribution < -0.4 is 10.1 Å². The second-order valence-electron chi connectivity index (χ2n) is 2.58. The molecule has 0 aromatic heterocycles. The van der Waals surface area contributed by atoms with Crippen molar-refractivity contribution >= 4 is 6.41 Å². The zero-order valence-electron chi connectivity index (χ0n) is 7.62. The summed E-state index contributed by atoms with van der Waals surface area (Å²) in [5, 5.41) is 2.60. The molecule has 0 bridgehead atoms.